The van der Waals surface area contributed by atoms with E-state index in [2.05, 4.69) is 16.0 Å². The SMILES string of the molecule is CC[C@H](C)[C@H](NC(=O)[C@H](C)NC(=O)[C@H](C)NC(=O)CCN)C(=O)O. The summed E-state index contributed by atoms with van der Waals surface area (Å²) in [6.45, 7) is 6.64. The minimum absolute atomic E-state index is 0.100. The number of rotatable bonds is 10. The Morgan fingerprint density at radius 2 is 1.46 bits per heavy atom. The van der Waals surface area contributed by atoms with E-state index in [9.17, 15) is 19.2 Å². The van der Waals surface area contributed by atoms with Crippen LogP contribution < -0.4 is 21.7 Å². The fraction of sp³-hybridized carbons (Fsp3) is 0.733. The highest BCUT2D eigenvalue weighted by molar-refractivity contribution is 5.93. The van der Waals surface area contributed by atoms with Crippen LogP contribution in [0.3, 0.4) is 0 Å². The molecule has 0 unspecified atom stereocenters. The average molecular weight is 344 g/mol. The summed E-state index contributed by atoms with van der Waals surface area (Å²) in [5.41, 5.74) is 5.25. The van der Waals surface area contributed by atoms with Crippen LogP contribution in [0.15, 0.2) is 0 Å². The molecule has 0 spiro atoms. The van der Waals surface area contributed by atoms with Gasteiger partial charge in [0.25, 0.3) is 0 Å². The van der Waals surface area contributed by atoms with Gasteiger partial charge in [-0.3, -0.25) is 14.4 Å². The number of carboxylic acids is 1. The summed E-state index contributed by atoms with van der Waals surface area (Å²) >= 11 is 0. The highest BCUT2D eigenvalue weighted by Crippen LogP contribution is 2.08. The van der Waals surface area contributed by atoms with Crippen molar-refractivity contribution in [2.75, 3.05) is 6.54 Å². The number of carbonyl (C=O) groups is 4. The molecule has 9 nitrogen and oxygen atoms in total. The molecule has 0 saturated heterocycles. The first-order chi connectivity index (χ1) is 11.1. The molecular weight excluding hydrogens is 316 g/mol. The van der Waals surface area contributed by atoms with E-state index in [1.54, 1.807) is 6.92 Å². The van der Waals surface area contributed by atoms with Crippen LogP contribution in [-0.2, 0) is 19.2 Å². The van der Waals surface area contributed by atoms with Crippen molar-refractivity contribution >= 4 is 23.7 Å². The number of hydrogen-bond acceptors (Lipinski definition) is 5. The van der Waals surface area contributed by atoms with Gasteiger partial charge >= 0.3 is 5.97 Å². The van der Waals surface area contributed by atoms with Crippen LogP contribution in [0.25, 0.3) is 0 Å². The molecular formula is C15H28N4O5. The summed E-state index contributed by atoms with van der Waals surface area (Å²) < 4.78 is 0. The zero-order valence-corrected chi connectivity index (χ0v) is 14.6. The standard InChI is InChI=1S/C15H28N4O5/c1-5-8(2)12(15(23)24)19-14(22)10(4)18-13(21)9(3)17-11(20)6-7-16/h8-10,12H,5-7,16H2,1-4H3,(H,17,20)(H,18,21)(H,19,22)(H,23,24)/t8-,9-,10-,12-/m0/s1. The number of hydrogen-bond donors (Lipinski definition) is 5. The van der Waals surface area contributed by atoms with E-state index >= 15 is 0 Å². The third-order valence-electron chi connectivity index (χ3n) is 3.67. The van der Waals surface area contributed by atoms with Crippen LogP contribution in [0.4, 0.5) is 0 Å². The number of carbonyl (C=O) groups excluding carboxylic acids is 3. The third-order valence-corrected chi connectivity index (χ3v) is 3.67. The Kier molecular flexibility index (Phi) is 9.63. The minimum Gasteiger partial charge on any atom is -0.480 e. The predicted molar refractivity (Wildman–Crippen MR) is 87.9 cm³/mol. The Labute approximate surface area is 141 Å². The first kappa shape index (κ1) is 21.8. The van der Waals surface area contributed by atoms with E-state index in [-0.39, 0.29) is 24.8 Å². The summed E-state index contributed by atoms with van der Waals surface area (Å²) in [6.07, 6.45) is 0.686. The summed E-state index contributed by atoms with van der Waals surface area (Å²) in [5, 5.41) is 16.5. The van der Waals surface area contributed by atoms with Crippen molar-refractivity contribution in [3.63, 3.8) is 0 Å². The first-order valence-electron chi connectivity index (χ1n) is 7.96. The molecule has 4 atom stereocenters. The van der Waals surface area contributed by atoms with Gasteiger partial charge in [-0.05, 0) is 19.8 Å². The zero-order chi connectivity index (χ0) is 18.9. The van der Waals surface area contributed by atoms with Gasteiger partial charge in [0.2, 0.25) is 17.7 Å². The largest absolute Gasteiger partial charge is 0.480 e. The molecule has 24 heavy (non-hydrogen) atoms. The number of nitrogens with two attached hydrogens (primary N) is 1. The molecule has 0 saturated carbocycles. The molecule has 0 aromatic carbocycles. The Morgan fingerprint density at radius 1 is 0.958 bits per heavy atom. The van der Waals surface area contributed by atoms with Gasteiger partial charge in [-0.1, -0.05) is 20.3 Å². The smallest absolute Gasteiger partial charge is 0.326 e. The van der Waals surface area contributed by atoms with Crippen LogP contribution in [0.2, 0.25) is 0 Å². The second-order valence-electron chi connectivity index (χ2n) is 5.77. The van der Waals surface area contributed by atoms with Crippen LogP contribution in [0.1, 0.15) is 40.5 Å². The molecule has 3 amide bonds. The highest BCUT2D eigenvalue weighted by atomic mass is 16.4. The minimum atomic E-state index is -1.13. The lowest BCUT2D eigenvalue weighted by Gasteiger charge is -2.23. The van der Waals surface area contributed by atoms with Crippen molar-refractivity contribution in [3.8, 4) is 0 Å². The monoisotopic (exact) mass is 344 g/mol. The summed E-state index contributed by atoms with van der Waals surface area (Å²) in [6, 6.07) is -2.79. The maximum atomic E-state index is 12.1. The maximum Gasteiger partial charge on any atom is 0.326 e. The lowest BCUT2D eigenvalue weighted by molar-refractivity contribution is -0.143. The topological polar surface area (TPSA) is 151 Å². The first-order valence-corrected chi connectivity index (χ1v) is 7.96. The van der Waals surface area contributed by atoms with Crippen molar-refractivity contribution < 1.29 is 24.3 Å². The second kappa shape index (κ2) is 10.6. The number of nitrogens with one attached hydrogen (secondary N) is 3. The molecule has 0 aromatic rings. The quantitative estimate of drug-likeness (QED) is 0.341. The Morgan fingerprint density at radius 3 is 1.92 bits per heavy atom. The third kappa shape index (κ3) is 7.40. The van der Waals surface area contributed by atoms with E-state index in [0.717, 1.165) is 0 Å². The lowest BCUT2D eigenvalue weighted by atomic mass is 9.99. The number of amides is 3. The van der Waals surface area contributed by atoms with E-state index < -0.39 is 35.9 Å². The van der Waals surface area contributed by atoms with E-state index in [0.29, 0.717) is 6.42 Å². The Hall–Kier alpha value is -2.16. The number of carboxylic acid groups (broad SMARTS) is 1. The van der Waals surface area contributed by atoms with Crippen molar-refractivity contribution in [1.82, 2.24) is 16.0 Å². The Balaban J connectivity index is 4.60. The second-order valence-corrected chi connectivity index (χ2v) is 5.77. The van der Waals surface area contributed by atoms with E-state index in [4.69, 9.17) is 10.8 Å². The zero-order valence-electron chi connectivity index (χ0n) is 14.6. The molecule has 6 N–H and O–H groups in total. The molecule has 0 aromatic heterocycles. The molecule has 9 heteroatoms. The molecule has 0 aliphatic rings. The normalized spacial score (nSPS) is 15.5. The van der Waals surface area contributed by atoms with Gasteiger partial charge < -0.3 is 26.8 Å². The van der Waals surface area contributed by atoms with Crippen LogP contribution in [0, 0.1) is 5.92 Å². The van der Waals surface area contributed by atoms with Gasteiger partial charge in [-0.15, -0.1) is 0 Å². The molecule has 0 fully saturated rings. The lowest BCUT2D eigenvalue weighted by Crippen LogP contribution is -2.55. The predicted octanol–water partition coefficient (Wildman–Crippen LogP) is -1.04. The molecule has 0 bridgehead atoms. The molecule has 0 radical (unpaired) electrons. The molecule has 0 aliphatic heterocycles. The van der Waals surface area contributed by atoms with Gasteiger partial charge in [-0.25, -0.2) is 4.79 Å². The van der Waals surface area contributed by atoms with Crippen LogP contribution in [0.5, 0.6) is 0 Å². The highest BCUT2D eigenvalue weighted by Gasteiger charge is 2.28. The summed E-state index contributed by atoms with van der Waals surface area (Å²) in [7, 11) is 0. The molecule has 0 aliphatic carbocycles. The molecule has 138 valence electrons. The summed E-state index contributed by atoms with van der Waals surface area (Å²) in [4.78, 5) is 46.6. The van der Waals surface area contributed by atoms with Crippen LogP contribution >= 0.6 is 0 Å². The van der Waals surface area contributed by atoms with Gasteiger partial charge in [0.15, 0.2) is 0 Å². The van der Waals surface area contributed by atoms with Crippen LogP contribution in [-0.4, -0.2) is 53.5 Å². The van der Waals surface area contributed by atoms with Crippen molar-refractivity contribution in [3.05, 3.63) is 0 Å². The molecule has 0 heterocycles. The fourth-order valence-corrected chi connectivity index (χ4v) is 1.88. The van der Waals surface area contributed by atoms with E-state index in [1.807, 2.05) is 6.92 Å². The van der Waals surface area contributed by atoms with Crippen molar-refractivity contribution in [1.29, 1.82) is 0 Å². The van der Waals surface area contributed by atoms with E-state index in [1.165, 1.54) is 13.8 Å². The van der Waals surface area contributed by atoms with Crippen molar-refractivity contribution in [2.24, 2.45) is 11.7 Å². The summed E-state index contributed by atoms with van der Waals surface area (Å²) in [5.74, 6) is -2.88. The molecule has 0 rings (SSSR count). The Bertz CT molecular complexity index is 469. The van der Waals surface area contributed by atoms with Gasteiger partial charge in [0.05, 0.1) is 0 Å². The number of aliphatic carboxylic acids is 1. The maximum absolute atomic E-state index is 12.1. The van der Waals surface area contributed by atoms with Gasteiger partial charge in [0, 0.05) is 13.0 Å². The van der Waals surface area contributed by atoms with Gasteiger partial charge in [0.1, 0.15) is 18.1 Å². The van der Waals surface area contributed by atoms with Crippen molar-refractivity contribution in [2.45, 2.75) is 58.7 Å². The fourth-order valence-electron chi connectivity index (χ4n) is 1.88. The average Bonchev–Trinajstić information content (AvgIpc) is 2.51. The van der Waals surface area contributed by atoms with Gasteiger partial charge in [-0.2, -0.15) is 0 Å².